The standard InChI is InChI=1S/C22H24ClN3O/c1-14(2)26(22(27)24-19-8-6-5-7-9-19)13-18-12-17-11-15(3)10-16(4)20(17)25-21(18)23/h5-12,14H,13H2,1-4H3,(H,24,27). The highest BCUT2D eigenvalue weighted by Gasteiger charge is 2.20. The maximum absolute atomic E-state index is 12.8. The number of hydrogen-bond acceptors (Lipinski definition) is 2. The van der Waals surface area contributed by atoms with Crippen LogP contribution in [-0.4, -0.2) is 22.0 Å². The fourth-order valence-corrected chi connectivity index (χ4v) is 3.37. The molecule has 5 heteroatoms. The molecule has 0 radical (unpaired) electrons. The Kier molecular flexibility index (Phi) is 5.66. The van der Waals surface area contributed by atoms with E-state index >= 15 is 0 Å². The predicted molar refractivity (Wildman–Crippen MR) is 112 cm³/mol. The average molecular weight is 382 g/mol. The maximum Gasteiger partial charge on any atom is 0.322 e. The van der Waals surface area contributed by atoms with E-state index in [1.165, 1.54) is 5.56 Å². The lowest BCUT2D eigenvalue weighted by atomic mass is 10.1. The Bertz CT molecular complexity index is 970. The monoisotopic (exact) mass is 381 g/mol. The number of carbonyl (C=O) groups excluding carboxylic acids is 1. The zero-order valence-electron chi connectivity index (χ0n) is 16.1. The lowest BCUT2D eigenvalue weighted by molar-refractivity contribution is 0.193. The quantitative estimate of drug-likeness (QED) is 0.567. The van der Waals surface area contributed by atoms with E-state index in [2.05, 4.69) is 29.4 Å². The number of anilines is 1. The summed E-state index contributed by atoms with van der Waals surface area (Å²) in [4.78, 5) is 19.1. The smallest absolute Gasteiger partial charge is 0.318 e. The van der Waals surface area contributed by atoms with Gasteiger partial charge in [-0.2, -0.15) is 0 Å². The van der Waals surface area contributed by atoms with Crippen LogP contribution in [0.3, 0.4) is 0 Å². The molecule has 0 aliphatic carbocycles. The minimum absolute atomic E-state index is 0.0136. The van der Waals surface area contributed by atoms with Gasteiger partial charge in [0.15, 0.2) is 0 Å². The van der Waals surface area contributed by atoms with Crippen LogP contribution < -0.4 is 5.32 Å². The number of rotatable bonds is 4. The molecule has 0 bridgehead atoms. The van der Waals surface area contributed by atoms with Gasteiger partial charge in [-0.05, 0) is 57.5 Å². The summed E-state index contributed by atoms with van der Waals surface area (Å²) in [5, 5.41) is 4.42. The molecule has 140 valence electrons. The first-order chi connectivity index (χ1) is 12.8. The number of amides is 2. The van der Waals surface area contributed by atoms with Crippen LogP contribution in [-0.2, 0) is 6.54 Å². The molecule has 0 atom stereocenters. The van der Waals surface area contributed by atoms with Crippen molar-refractivity contribution in [3.05, 3.63) is 70.4 Å². The van der Waals surface area contributed by atoms with E-state index in [4.69, 9.17) is 11.6 Å². The van der Waals surface area contributed by atoms with E-state index in [1.54, 1.807) is 4.90 Å². The van der Waals surface area contributed by atoms with Crippen molar-refractivity contribution in [1.29, 1.82) is 0 Å². The summed E-state index contributed by atoms with van der Waals surface area (Å²) in [7, 11) is 0. The van der Waals surface area contributed by atoms with Crippen LogP contribution in [0.25, 0.3) is 10.9 Å². The molecule has 0 saturated carbocycles. The summed E-state index contributed by atoms with van der Waals surface area (Å²) in [6.45, 7) is 8.47. The lowest BCUT2D eigenvalue weighted by Crippen LogP contribution is -2.39. The molecule has 2 aromatic carbocycles. The highest BCUT2D eigenvalue weighted by molar-refractivity contribution is 6.30. The van der Waals surface area contributed by atoms with E-state index in [0.29, 0.717) is 11.7 Å². The van der Waals surface area contributed by atoms with Crippen LogP contribution in [0, 0.1) is 13.8 Å². The summed E-state index contributed by atoms with van der Waals surface area (Å²) < 4.78 is 0. The van der Waals surface area contributed by atoms with Crippen molar-refractivity contribution in [3.63, 3.8) is 0 Å². The Morgan fingerprint density at radius 2 is 1.85 bits per heavy atom. The number of nitrogens with one attached hydrogen (secondary N) is 1. The van der Waals surface area contributed by atoms with Crippen molar-refractivity contribution < 1.29 is 4.79 Å². The second-order valence-corrected chi connectivity index (χ2v) is 7.47. The van der Waals surface area contributed by atoms with Crippen molar-refractivity contribution in [1.82, 2.24) is 9.88 Å². The van der Waals surface area contributed by atoms with Crippen molar-refractivity contribution in [3.8, 4) is 0 Å². The van der Waals surface area contributed by atoms with Crippen LogP contribution in [0.2, 0.25) is 5.15 Å². The van der Waals surface area contributed by atoms with E-state index in [-0.39, 0.29) is 12.1 Å². The largest absolute Gasteiger partial charge is 0.322 e. The zero-order chi connectivity index (χ0) is 19.6. The first kappa shape index (κ1) is 19.2. The first-order valence-electron chi connectivity index (χ1n) is 9.04. The number of benzene rings is 2. The third kappa shape index (κ3) is 4.40. The van der Waals surface area contributed by atoms with Gasteiger partial charge < -0.3 is 10.2 Å². The Balaban J connectivity index is 1.90. The molecule has 1 N–H and O–H groups in total. The molecular weight excluding hydrogens is 358 g/mol. The lowest BCUT2D eigenvalue weighted by Gasteiger charge is -2.27. The summed E-state index contributed by atoms with van der Waals surface area (Å²) in [5.74, 6) is 0. The number of halogens is 1. The number of para-hydroxylation sites is 1. The average Bonchev–Trinajstić information content (AvgIpc) is 2.61. The van der Waals surface area contributed by atoms with Crippen LogP contribution in [0.5, 0.6) is 0 Å². The van der Waals surface area contributed by atoms with Crippen molar-refractivity contribution in [2.24, 2.45) is 0 Å². The molecular formula is C22H24ClN3O. The third-order valence-electron chi connectivity index (χ3n) is 4.53. The zero-order valence-corrected chi connectivity index (χ0v) is 16.8. The molecule has 3 aromatic rings. The second kappa shape index (κ2) is 7.97. The van der Waals surface area contributed by atoms with Gasteiger partial charge >= 0.3 is 6.03 Å². The molecule has 0 saturated heterocycles. The maximum atomic E-state index is 12.8. The second-order valence-electron chi connectivity index (χ2n) is 7.11. The van der Waals surface area contributed by atoms with E-state index < -0.39 is 0 Å². The molecule has 0 aliphatic heterocycles. The number of fused-ring (bicyclic) bond motifs is 1. The summed E-state index contributed by atoms with van der Waals surface area (Å²) >= 11 is 6.46. The van der Waals surface area contributed by atoms with Gasteiger partial charge in [0.25, 0.3) is 0 Å². The fraction of sp³-hybridized carbons (Fsp3) is 0.273. The van der Waals surface area contributed by atoms with Crippen LogP contribution in [0.4, 0.5) is 10.5 Å². The van der Waals surface area contributed by atoms with Gasteiger partial charge in [-0.1, -0.05) is 41.4 Å². The summed E-state index contributed by atoms with van der Waals surface area (Å²) in [6, 6.07) is 15.5. The minimum atomic E-state index is -0.159. The van der Waals surface area contributed by atoms with Gasteiger partial charge in [0.2, 0.25) is 0 Å². The van der Waals surface area contributed by atoms with Gasteiger partial charge in [0, 0.05) is 22.7 Å². The highest BCUT2D eigenvalue weighted by Crippen LogP contribution is 2.26. The number of nitrogens with zero attached hydrogens (tertiary/aromatic N) is 2. The SMILES string of the molecule is Cc1cc(C)c2nc(Cl)c(CN(C(=O)Nc3ccccc3)C(C)C)cc2c1. The molecule has 3 rings (SSSR count). The molecule has 0 unspecified atom stereocenters. The topological polar surface area (TPSA) is 45.2 Å². The Labute approximate surface area is 165 Å². The van der Waals surface area contributed by atoms with E-state index in [9.17, 15) is 4.79 Å². The molecule has 4 nitrogen and oxygen atoms in total. The highest BCUT2D eigenvalue weighted by atomic mass is 35.5. The van der Waals surface area contributed by atoms with Crippen molar-refractivity contribution in [2.45, 2.75) is 40.3 Å². The number of hydrogen-bond donors (Lipinski definition) is 1. The van der Waals surface area contributed by atoms with Crippen molar-refractivity contribution >= 4 is 34.2 Å². The molecule has 0 fully saturated rings. The fourth-order valence-electron chi connectivity index (χ4n) is 3.17. The summed E-state index contributed by atoms with van der Waals surface area (Å²) in [5.41, 5.74) is 4.78. The predicted octanol–water partition coefficient (Wildman–Crippen LogP) is 5.95. The Hall–Kier alpha value is -2.59. The Morgan fingerprint density at radius 1 is 1.15 bits per heavy atom. The van der Waals surface area contributed by atoms with Gasteiger partial charge in [-0.25, -0.2) is 9.78 Å². The number of pyridine rings is 1. The van der Waals surface area contributed by atoms with Crippen molar-refractivity contribution in [2.75, 3.05) is 5.32 Å². The Morgan fingerprint density at radius 3 is 2.52 bits per heavy atom. The molecule has 2 amide bonds. The minimum Gasteiger partial charge on any atom is -0.318 e. The van der Waals surface area contributed by atoms with Crippen LogP contribution in [0.15, 0.2) is 48.5 Å². The third-order valence-corrected chi connectivity index (χ3v) is 4.86. The number of aromatic nitrogens is 1. The molecule has 1 heterocycles. The number of urea groups is 1. The van der Waals surface area contributed by atoms with Gasteiger partial charge in [-0.15, -0.1) is 0 Å². The molecule has 27 heavy (non-hydrogen) atoms. The van der Waals surface area contributed by atoms with E-state index in [0.717, 1.165) is 27.7 Å². The van der Waals surface area contributed by atoms with Crippen LogP contribution >= 0.6 is 11.6 Å². The normalized spacial score (nSPS) is 11.0. The molecule has 0 spiro atoms. The molecule has 0 aliphatic rings. The van der Waals surface area contributed by atoms with Gasteiger partial charge in [0.1, 0.15) is 5.15 Å². The van der Waals surface area contributed by atoms with Gasteiger partial charge in [0.05, 0.1) is 12.1 Å². The number of carbonyl (C=O) groups is 1. The van der Waals surface area contributed by atoms with Crippen LogP contribution in [0.1, 0.15) is 30.5 Å². The number of aryl methyl sites for hydroxylation is 2. The van der Waals surface area contributed by atoms with E-state index in [1.807, 2.05) is 57.2 Å². The summed E-state index contributed by atoms with van der Waals surface area (Å²) in [6.07, 6.45) is 0. The molecule has 1 aromatic heterocycles. The first-order valence-corrected chi connectivity index (χ1v) is 9.42. The van der Waals surface area contributed by atoms with Gasteiger partial charge in [-0.3, -0.25) is 0 Å².